The molecule has 6 rings (SSSR count). The van der Waals surface area contributed by atoms with Gasteiger partial charge < -0.3 is 29.0 Å². The van der Waals surface area contributed by atoms with Crippen molar-refractivity contribution < 1.29 is 42.1 Å². The molecular weight excluding hydrogens is 512 g/mol. The minimum absolute atomic E-state index is 0.0483. The minimum Gasteiger partial charge on any atom is -0.497 e. The Morgan fingerprint density at radius 1 is 0.974 bits per heavy atom. The fraction of sp³-hybridized carbons (Fsp3) is 0.517. The van der Waals surface area contributed by atoms with Crippen LogP contribution in [0, 0.1) is 11.8 Å². The summed E-state index contributed by atoms with van der Waals surface area (Å²) in [7, 11) is 3.00. The third-order valence-electron chi connectivity index (χ3n) is 8.56. The molecule has 2 heterocycles. The highest BCUT2D eigenvalue weighted by Gasteiger charge is 2.53. The summed E-state index contributed by atoms with van der Waals surface area (Å²) in [5.41, 5.74) is 0.644. The number of hydrogen-bond donors (Lipinski definition) is 1. The summed E-state index contributed by atoms with van der Waals surface area (Å²) < 4.78 is 53.1. The molecule has 2 aromatic rings. The second-order valence-electron chi connectivity index (χ2n) is 10.9. The molecule has 1 N–H and O–H groups in total. The normalized spacial score (nSPS) is 27.5. The van der Waals surface area contributed by atoms with Gasteiger partial charge in [0, 0.05) is 18.1 Å². The Morgan fingerprint density at radius 2 is 1.77 bits per heavy atom. The van der Waals surface area contributed by atoms with Crippen LogP contribution in [0.3, 0.4) is 0 Å². The first-order valence-corrected chi connectivity index (χ1v) is 13.3. The second-order valence-corrected chi connectivity index (χ2v) is 10.9. The van der Waals surface area contributed by atoms with Crippen LogP contribution in [0.4, 0.5) is 8.78 Å². The molecule has 2 unspecified atom stereocenters. The van der Waals surface area contributed by atoms with Crippen LogP contribution in [0.25, 0.3) is 0 Å². The van der Waals surface area contributed by atoms with E-state index in [-0.39, 0.29) is 47.4 Å². The summed E-state index contributed by atoms with van der Waals surface area (Å²) in [6.45, 7) is 0. The number of halogens is 2. The Labute approximate surface area is 224 Å². The molecule has 0 aromatic heterocycles. The summed E-state index contributed by atoms with van der Waals surface area (Å²) in [5.74, 6) is 0.775. The summed E-state index contributed by atoms with van der Waals surface area (Å²) in [6.07, 6.45) is 1.11. The maximum absolute atomic E-state index is 13.8. The molecule has 0 spiro atoms. The van der Waals surface area contributed by atoms with Gasteiger partial charge in [0.05, 0.1) is 31.6 Å². The number of fused-ring (bicyclic) bond motifs is 2. The van der Waals surface area contributed by atoms with Gasteiger partial charge in [-0.05, 0) is 67.9 Å². The number of rotatable bonds is 6. The van der Waals surface area contributed by atoms with Crippen LogP contribution in [0.1, 0.15) is 62.1 Å². The van der Waals surface area contributed by atoms with Crippen molar-refractivity contribution in [1.82, 2.24) is 5.32 Å². The van der Waals surface area contributed by atoms with Crippen LogP contribution in [-0.4, -0.2) is 38.5 Å². The molecule has 0 bridgehead atoms. The predicted octanol–water partition coefficient (Wildman–Crippen LogP) is 5.04. The van der Waals surface area contributed by atoms with Crippen LogP contribution < -0.4 is 24.3 Å². The number of hydrogen-bond acceptors (Lipinski definition) is 7. The number of alkyl halides is 2. The maximum Gasteiger partial charge on any atom is 0.586 e. The van der Waals surface area contributed by atoms with Crippen molar-refractivity contribution in [1.29, 1.82) is 0 Å². The van der Waals surface area contributed by atoms with E-state index in [0.29, 0.717) is 42.7 Å². The van der Waals surface area contributed by atoms with E-state index in [1.165, 1.54) is 19.2 Å². The van der Waals surface area contributed by atoms with Gasteiger partial charge in [-0.1, -0.05) is 12.5 Å². The Balaban J connectivity index is 1.24. The first kappa shape index (κ1) is 25.7. The Kier molecular flexibility index (Phi) is 6.31. The summed E-state index contributed by atoms with van der Waals surface area (Å²) >= 11 is 0. The van der Waals surface area contributed by atoms with Crippen molar-refractivity contribution in [3.8, 4) is 23.0 Å². The molecule has 39 heavy (non-hydrogen) atoms. The zero-order valence-electron chi connectivity index (χ0n) is 21.8. The quantitative estimate of drug-likeness (QED) is 0.511. The SMILES string of the molecule is COC(=O)C1CCCC([C@H]2C[C@@H](NC(=O)C3(c4ccc5c(c4)OC(F)(F)O5)CC3)c3ccc(OC)cc3O2)C1. The van der Waals surface area contributed by atoms with Gasteiger partial charge in [-0.3, -0.25) is 9.59 Å². The average molecular weight is 544 g/mol. The van der Waals surface area contributed by atoms with Gasteiger partial charge in [-0.15, -0.1) is 8.78 Å². The van der Waals surface area contributed by atoms with Crippen molar-refractivity contribution >= 4 is 11.9 Å². The lowest BCUT2D eigenvalue weighted by Gasteiger charge is -2.40. The van der Waals surface area contributed by atoms with E-state index in [4.69, 9.17) is 14.2 Å². The van der Waals surface area contributed by atoms with E-state index in [1.54, 1.807) is 13.2 Å². The van der Waals surface area contributed by atoms with Crippen LogP contribution in [-0.2, 0) is 19.7 Å². The molecule has 2 saturated carbocycles. The standard InChI is InChI=1S/C29H31F2NO7/c1-35-19-7-8-20-21(15-23(37-24(20)14-19)16-4-3-5-17(12-16)26(33)36-2)32-27(34)28(10-11-28)18-6-9-22-25(13-18)39-29(30,31)38-22/h6-9,13-14,16-17,21,23H,3-5,10-12,15H2,1-2H3,(H,32,34)/t16?,17?,21-,23-/m1/s1. The van der Waals surface area contributed by atoms with Crippen LogP contribution in [0.5, 0.6) is 23.0 Å². The monoisotopic (exact) mass is 543 g/mol. The Bertz CT molecular complexity index is 1290. The summed E-state index contributed by atoms with van der Waals surface area (Å²) in [5, 5.41) is 3.24. The molecule has 1 amide bonds. The number of amides is 1. The fourth-order valence-electron chi connectivity index (χ4n) is 6.29. The first-order chi connectivity index (χ1) is 18.7. The second kappa shape index (κ2) is 9.57. The van der Waals surface area contributed by atoms with Gasteiger partial charge in [0.1, 0.15) is 17.6 Å². The van der Waals surface area contributed by atoms with Gasteiger partial charge in [0.2, 0.25) is 5.91 Å². The largest absolute Gasteiger partial charge is 0.586 e. The van der Waals surface area contributed by atoms with Crippen molar-refractivity contribution in [2.75, 3.05) is 14.2 Å². The lowest BCUT2D eigenvalue weighted by atomic mass is 9.76. The van der Waals surface area contributed by atoms with Crippen molar-refractivity contribution in [2.24, 2.45) is 11.8 Å². The maximum atomic E-state index is 13.8. The van der Waals surface area contributed by atoms with Crippen molar-refractivity contribution in [3.63, 3.8) is 0 Å². The van der Waals surface area contributed by atoms with E-state index in [0.717, 1.165) is 24.8 Å². The minimum atomic E-state index is -3.71. The van der Waals surface area contributed by atoms with Crippen LogP contribution in [0.2, 0.25) is 0 Å². The highest BCUT2D eigenvalue weighted by Crippen LogP contribution is 2.53. The number of nitrogens with one attached hydrogen (secondary N) is 1. The Hall–Kier alpha value is -3.56. The number of benzene rings is 2. The van der Waals surface area contributed by atoms with E-state index < -0.39 is 11.7 Å². The molecule has 208 valence electrons. The zero-order valence-corrected chi connectivity index (χ0v) is 21.8. The van der Waals surface area contributed by atoms with E-state index in [9.17, 15) is 18.4 Å². The molecule has 0 saturated heterocycles. The van der Waals surface area contributed by atoms with Gasteiger partial charge in [-0.25, -0.2) is 0 Å². The smallest absolute Gasteiger partial charge is 0.497 e. The number of esters is 1. The van der Waals surface area contributed by atoms with Crippen molar-refractivity contribution in [2.45, 2.75) is 68.8 Å². The van der Waals surface area contributed by atoms with E-state index in [2.05, 4.69) is 14.8 Å². The molecule has 4 atom stereocenters. The average Bonchev–Trinajstić information content (AvgIpc) is 3.69. The summed E-state index contributed by atoms with van der Waals surface area (Å²) in [4.78, 5) is 26.0. The lowest BCUT2D eigenvalue weighted by Crippen LogP contribution is -2.44. The Morgan fingerprint density at radius 3 is 2.51 bits per heavy atom. The first-order valence-electron chi connectivity index (χ1n) is 13.3. The molecule has 8 nitrogen and oxygen atoms in total. The highest BCUT2D eigenvalue weighted by molar-refractivity contribution is 5.92. The summed E-state index contributed by atoms with van der Waals surface area (Å²) in [6, 6.07) is 9.78. The predicted molar refractivity (Wildman–Crippen MR) is 134 cm³/mol. The third-order valence-corrected chi connectivity index (χ3v) is 8.56. The van der Waals surface area contributed by atoms with Gasteiger partial charge in [-0.2, -0.15) is 0 Å². The third kappa shape index (κ3) is 4.74. The van der Waals surface area contributed by atoms with E-state index >= 15 is 0 Å². The number of carbonyl (C=O) groups is 2. The molecule has 0 radical (unpaired) electrons. The number of ether oxygens (including phenoxy) is 5. The van der Waals surface area contributed by atoms with Crippen molar-refractivity contribution in [3.05, 3.63) is 47.5 Å². The molecule has 4 aliphatic rings. The topological polar surface area (TPSA) is 92.3 Å². The van der Waals surface area contributed by atoms with E-state index in [1.807, 2.05) is 18.2 Å². The zero-order chi connectivity index (χ0) is 27.4. The van der Waals surface area contributed by atoms with Crippen LogP contribution >= 0.6 is 0 Å². The van der Waals surface area contributed by atoms with Gasteiger partial charge >= 0.3 is 12.3 Å². The van der Waals surface area contributed by atoms with Crippen LogP contribution in [0.15, 0.2) is 36.4 Å². The van der Waals surface area contributed by atoms with Gasteiger partial charge in [0.15, 0.2) is 11.5 Å². The molecule has 2 fully saturated rings. The number of carbonyl (C=O) groups excluding carboxylic acids is 2. The molecule has 2 aliphatic carbocycles. The molecule has 2 aliphatic heterocycles. The fourth-order valence-corrected chi connectivity index (χ4v) is 6.29. The molecule has 2 aromatic carbocycles. The number of methoxy groups -OCH3 is 2. The molecular formula is C29H31F2NO7. The van der Waals surface area contributed by atoms with Gasteiger partial charge in [0.25, 0.3) is 0 Å². The highest BCUT2D eigenvalue weighted by atomic mass is 19.3. The lowest BCUT2D eigenvalue weighted by molar-refractivity contribution is -0.286. The molecule has 10 heteroatoms.